The molecule has 1 aliphatic rings. The van der Waals surface area contributed by atoms with E-state index in [2.05, 4.69) is 15.5 Å². The maximum absolute atomic E-state index is 12.4. The van der Waals surface area contributed by atoms with Gasteiger partial charge >= 0.3 is 0 Å². The number of amides is 1. The molecule has 1 saturated heterocycles. The molecule has 1 atom stereocenters. The van der Waals surface area contributed by atoms with Crippen LogP contribution in [-0.2, 0) is 0 Å². The van der Waals surface area contributed by atoms with Crippen LogP contribution in [0.2, 0.25) is 0 Å². The Kier molecular flexibility index (Phi) is 3.78. The first-order valence-corrected chi connectivity index (χ1v) is 6.19. The van der Waals surface area contributed by atoms with E-state index in [4.69, 9.17) is 0 Å². The van der Waals surface area contributed by atoms with Gasteiger partial charge in [0.05, 0.1) is 11.8 Å². The van der Waals surface area contributed by atoms with E-state index in [1.54, 1.807) is 6.20 Å². The van der Waals surface area contributed by atoms with E-state index in [0.29, 0.717) is 11.6 Å². The first-order chi connectivity index (χ1) is 8.24. The number of H-pyrrole nitrogens is 1. The molecule has 2 N–H and O–H groups in total. The molecule has 1 amide bonds. The van der Waals surface area contributed by atoms with Gasteiger partial charge in [0.15, 0.2) is 0 Å². The molecule has 1 aromatic heterocycles. The number of nitrogens with one attached hydrogen (secondary N) is 2. The SMILES string of the molecule is CNCC1CCCCN1C(=O)c1cn[nH]c1C. The van der Waals surface area contributed by atoms with Gasteiger partial charge in [-0.15, -0.1) is 0 Å². The van der Waals surface area contributed by atoms with Crippen LogP contribution in [0.1, 0.15) is 35.3 Å². The molecule has 0 aliphatic carbocycles. The van der Waals surface area contributed by atoms with Gasteiger partial charge in [-0.3, -0.25) is 9.89 Å². The molecule has 1 fully saturated rings. The standard InChI is InChI=1S/C12H20N4O/c1-9-11(8-14-15-9)12(17)16-6-4-3-5-10(16)7-13-2/h8,10,13H,3-7H2,1-2H3,(H,14,15). The Bertz CT molecular complexity index is 386. The van der Waals surface area contributed by atoms with Crippen LogP contribution in [0.5, 0.6) is 0 Å². The molecule has 5 heteroatoms. The van der Waals surface area contributed by atoms with Crippen molar-refractivity contribution in [3.8, 4) is 0 Å². The zero-order valence-corrected chi connectivity index (χ0v) is 10.5. The quantitative estimate of drug-likeness (QED) is 0.821. The van der Waals surface area contributed by atoms with E-state index in [1.807, 2.05) is 18.9 Å². The van der Waals surface area contributed by atoms with Gasteiger partial charge in [-0.2, -0.15) is 5.10 Å². The predicted octanol–water partition coefficient (Wildman–Crippen LogP) is 0.932. The zero-order valence-electron chi connectivity index (χ0n) is 10.5. The van der Waals surface area contributed by atoms with Gasteiger partial charge in [0.2, 0.25) is 0 Å². The molecule has 0 radical (unpaired) electrons. The molecule has 1 unspecified atom stereocenters. The van der Waals surface area contributed by atoms with Crippen molar-refractivity contribution in [2.75, 3.05) is 20.1 Å². The van der Waals surface area contributed by atoms with Crippen LogP contribution in [-0.4, -0.2) is 47.2 Å². The second kappa shape index (κ2) is 5.31. The van der Waals surface area contributed by atoms with Gasteiger partial charge in [0.1, 0.15) is 0 Å². The third kappa shape index (κ3) is 2.49. The summed E-state index contributed by atoms with van der Waals surface area (Å²) < 4.78 is 0. The second-order valence-electron chi connectivity index (χ2n) is 4.61. The average Bonchev–Trinajstić information content (AvgIpc) is 2.76. The summed E-state index contributed by atoms with van der Waals surface area (Å²) in [5, 5.41) is 9.91. The zero-order chi connectivity index (χ0) is 12.3. The highest BCUT2D eigenvalue weighted by Crippen LogP contribution is 2.19. The van der Waals surface area contributed by atoms with Crippen LogP contribution in [0.4, 0.5) is 0 Å². The molecule has 1 aliphatic heterocycles. The van der Waals surface area contributed by atoms with Crippen LogP contribution >= 0.6 is 0 Å². The molecule has 5 nitrogen and oxygen atoms in total. The topological polar surface area (TPSA) is 61.0 Å². The molecule has 0 aromatic carbocycles. The first-order valence-electron chi connectivity index (χ1n) is 6.19. The Morgan fingerprint density at radius 1 is 1.65 bits per heavy atom. The fourth-order valence-electron chi connectivity index (χ4n) is 2.44. The van der Waals surface area contributed by atoms with E-state index < -0.39 is 0 Å². The van der Waals surface area contributed by atoms with Crippen LogP contribution in [0.3, 0.4) is 0 Å². The van der Waals surface area contributed by atoms with E-state index >= 15 is 0 Å². The minimum absolute atomic E-state index is 0.108. The summed E-state index contributed by atoms with van der Waals surface area (Å²) in [5.74, 6) is 0.108. The highest BCUT2D eigenvalue weighted by molar-refractivity contribution is 5.95. The molecule has 2 heterocycles. The number of aromatic amines is 1. The Morgan fingerprint density at radius 3 is 3.12 bits per heavy atom. The van der Waals surface area contributed by atoms with Crippen molar-refractivity contribution in [3.05, 3.63) is 17.5 Å². The van der Waals surface area contributed by atoms with Crippen molar-refractivity contribution in [1.82, 2.24) is 20.4 Å². The Hall–Kier alpha value is -1.36. The first kappa shape index (κ1) is 12.1. The van der Waals surface area contributed by atoms with Crippen LogP contribution in [0.25, 0.3) is 0 Å². The summed E-state index contributed by atoms with van der Waals surface area (Å²) in [7, 11) is 1.93. The summed E-state index contributed by atoms with van der Waals surface area (Å²) in [6.07, 6.45) is 5.02. The summed E-state index contributed by atoms with van der Waals surface area (Å²) >= 11 is 0. The molecule has 17 heavy (non-hydrogen) atoms. The lowest BCUT2D eigenvalue weighted by Gasteiger charge is -2.35. The maximum Gasteiger partial charge on any atom is 0.257 e. The van der Waals surface area contributed by atoms with Crippen LogP contribution in [0.15, 0.2) is 6.20 Å². The number of likely N-dealkylation sites (N-methyl/N-ethyl adjacent to an activating group) is 1. The third-order valence-corrected chi connectivity index (χ3v) is 3.39. The van der Waals surface area contributed by atoms with E-state index in [9.17, 15) is 4.79 Å². The van der Waals surface area contributed by atoms with Gasteiger partial charge in [-0.1, -0.05) is 0 Å². The van der Waals surface area contributed by atoms with E-state index in [0.717, 1.165) is 31.6 Å². The number of piperidine rings is 1. The highest BCUT2D eigenvalue weighted by Gasteiger charge is 2.28. The summed E-state index contributed by atoms with van der Waals surface area (Å²) in [6.45, 7) is 3.61. The fraction of sp³-hybridized carbons (Fsp3) is 0.667. The normalized spacial score (nSPS) is 20.6. The van der Waals surface area contributed by atoms with Crippen LogP contribution < -0.4 is 5.32 Å². The number of aromatic nitrogens is 2. The van der Waals surface area contributed by atoms with E-state index in [-0.39, 0.29) is 5.91 Å². The Labute approximate surface area is 102 Å². The van der Waals surface area contributed by atoms with E-state index in [1.165, 1.54) is 6.42 Å². The van der Waals surface area contributed by atoms with Crippen molar-refractivity contribution in [1.29, 1.82) is 0 Å². The van der Waals surface area contributed by atoms with Crippen molar-refractivity contribution in [3.63, 3.8) is 0 Å². The summed E-state index contributed by atoms with van der Waals surface area (Å²) in [4.78, 5) is 14.4. The Morgan fingerprint density at radius 2 is 2.47 bits per heavy atom. The number of carbonyl (C=O) groups is 1. The molecule has 0 spiro atoms. The lowest BCUT2D eigenvalue weighted by atomic mass is 10.0. The maximum atomic E-state index is 12.4. The van der Waals surface area contributed by atoms with Gasteiger partial charge in [0, 0.05) is 24.8 Å². The minimum atomic E-state index is 0.108. The van der Waals surface area contributed by atoms with Crippen molar-refractivity contribution < 1.29 is 4.79 Å². The lowest BCUT2D eigenvalue weighted by molar-refractivity contribution is 0.0614. The number of hydrogen-bond acceptors (Lipinski definition) is 3. The second-order valence-corrected chi connectivity index (χ2v) is 4.61. The average molecular weight is 236 g/mol. The monoisotopic (exact) mass is 236 g/mol. The number of likely N-dealkylation sites (tertiary alicyclic amines) is 1. The number of hydrogen-bond donors (Lipinski definition) is 2. The highest BCUT2D eigenvalue weighted by atomic mass is 16.2. The summed E-state index contributed by atoms with van der Waals surface area (Å²) in [6, 6.07) is 0.315. The van der Waals surface area contributed by atoms with Crippen LogP contribution in [0, 0.1) is 6.92 Å². The molecule has 0 saturated carbocycles. The predicted molar refractivity (Wildman–Crippen MR) is 65.9 cm³/mol. The molecule has 1 aromatic rings. The summed E-state index contributed by atoms with van der Waals surface area (Å²) in [5.41, 5.74) is 1.55. The number of aryl methyl sites for hydroxylation is 1. The van der Waals surface area contributed by atoms with Crippen molar-refractivity contribution >= 4 is 5.91 Å². The lowest BCUT2D eigenvalue weighted by Crippen LogP contribution is -2.48. The van der Waals surface area contributed by atoms with Crippen molar-refractivity contribution in [2.45, 2.75) is 32.2 Å². The Balaban J connectivity index is 2.14. The molecule has 0 bridgehead atoms. The molecular weight excluding hydrogens is 216 g/mol. The van der Waals surface area contributed by atoms with Gasteiger partial charge in [-0.05, 0) is 33.2 Å². The minimum Gasteiger partial charge on any atom is -0.334 e. The van der Waals surface area contributed by atoms with Gasteiger partial charge in [-0.25, -0.2) is 0 Å². The van der Waals surface area contributed by atoms with Crippen molar-refractivity contribution in [2.24, 2.45) is 0 Å². The molecular formula is C12H20N4O. The smallest absolute Gasteiger partial charge is 0.257 e. The van der Waals surface area contributed by atoms with Gasteiger partial charge < -0.3 is 10.2 Å². The number of nitrogens with zero attached hydrogens (tertiary/aromatic N) is 2. The van der Waals surface area contributed by atoms with Gasteiger partial charge in [0.25, 0.3) is 5.91 Å². The molecule has 94 valence electrons. The fourth-order valence-corrected chi connectivity index (χ4v) is 2.44. The number of rotatable bonds is 3. The largest absolute Gasteiger partial charge is 0.334 e. The number of carbonyl (C=O) groups excluding carboxylic acids is 1. The third-order valence-electron chi connectivity index (χ3n) is 3.39. The molecule has 2 rings (SSSR count).